The summed E-state index contributed by atoms with van der Waals surface area (Å²) in [4.78, 5) is 0. The molecule has 0 bridgehead atoms. The van der Waals surface area contributed by atoms with Crippen LogP contribution in [0.2, 0.25) is 0 Å². The van der Waals surface area contributed by atoms with E-state index in [0.29, 0.717) is 5.41 Å². The molecule has 0 saturated heterocycles. The first-order chi connectivity index (χ1) is 20.1. The Hall–Kier alpha value is -2.97. The second-order valence-electron chi connectivity index (χ2n) is 11.2. The zero-order valence-corrected chi connectivity index (χ0v) is 29.1. The Morgan fingerprint density at radius 1 is 0.795 bits per heavy atom. The van der Waals surface area contributed by atoms with Crippen LogP contribution in [0, 0.1) is 29.2 Å². The SMILES string of the molecule is C=Cc1c[c-]c2c(c1)-c1cc(C=C)ccc1C2.CC(C)(C)C1=CC[C-]=C1.Fc1ccc([C](=[Zr+2])c2ccc(F)cc2)cc1.[Cl-].[Cl-]. The minimum absolute atomic E-state index is 0. The van der Waals surface area contributed by atoms with Crippen LogP contribution in [-0.2, 0) is 30.7 Å². The molecule has 0 fully saturated rings. The molecule has 0 radical (unpaired) electrons. The van der Waals surface area contributed by atoms with Crippen molar-refractivity contribution in [2.75, 3.05) is 0 Å². The molecule has 4 aromatic carbocycles. The summed E-state index contributed by atoms with van der Waals surface area (Å²) in [6.07, 6.45) is 13.2. The molecule has 44 heavy (non-hydrogen) atoms. The van der Waals surface area contributed by atoms with Crippen LogP contribution in [0.5, 0.6) is 0 Å². The quantitative estimate of drug-likeness (QED) is 0.247. The number of hydrogen-bond acceptors (Lipinski definition) is 0. The third kappa shape index (κ3) is 9.77. The molecule has 4 aromatic rings. The smallest absolute Gasteiger partial charge is 1.00 e. The van der Waals surface area contributed by atoms with E-state index in [1.165, 1.54) is 81.9 Å². The summed E-state index contributed by atoms with van der Waals surface area (Å²) >= 11 is 1.22. The van der Waals surface area contributed by atoms with Gasteiger partial charge in [0.2, 0.25) is 0 Å². The maximum atomic E-state index is 12.8. The number of benzene rings is 4. The van der Waals surface area contributed by atoms with Gasteiger partial charge in [0.1, 0.15) is 0 Å². The predicted molar refractivity (Wildman–Crippen MR) is 170 cm³/mol. The van der Waals surface area contributed by atoms with Crippen molar-refractivity contribution in [3.8, 4) is 11.1 Å². The van der Waals surface area contributed by atoms with Crippen LogP contribution in [0.1, 0.15) is 60.6 Å². The molecule has 2 aliphatic carbocycles. The van der Waals surface area contributed by atoms with E-state index in [-0.39, 0.29) is 36.4 Å². The normalized spacial score (nSPS) is 12.0. The predicted octanol–water partition coefficient (Wildman–Crippen LogP) is 4.15. The number of halogens is 4. The van der Waals surface area contributed by atoms with Crippen molar-refractivity contribution in [2.45, 2.75) is 33.6 Å². The van der Waals surface area contributed by atoms with Gasteiger partial charge in [0.15, 0.2) is 0 Å². The van der Waals surface area contributed by atoms with Crippen LogP contribution in [0.4, 0.5) is 8.78 Å². The minimum atomic E-state index is -0.244. The van der Waals surface area contributed by atoms with E-state index < -0.39 is 0 Å². The van der Waals surface area contributed by atoms with Crippen molar-refractivity contribution >= 4 is 15.4 Å². The molecule has 0 amide bonds. The fourth-order valence-corrected chi connectivity index (χ4v) is 5.50. The molecular formula is C39H34Cl2F2Zr-2. The molecule has 0 N–H and O–H groups in total. The maximum Gasteiger partial charge on any atom is -1.00 e. The summed E-state index contributed by atoms with van der Waals surface area (Å²) in [6.45, 7) is 14.3. The molecule has 0 nitrogen and oxygen atoms in total. The molecule has 224 valence electrons. The molecule has 0 unspecified atom stereocenters. The van der Waals surface area contributed by atoms with Crippen LogP contribution >= 0.6 is 0 Å². The molecule has 0 heterocycles. The molecule has 0 aromatic heterocycles. The van der Waals surface area contributed by atoms with E-state index in [0.717, 1.165) is 32.7 Å². The van der Waals surface area contributed by atoms with Crippen LogP contribution in [0.3, 0.4) is 0 Å². The summed E-state index contributed by atoms with van der Waals surface area (Å²) in [5.74, 6) is -0.488. The number of fused-ring (bicyclic) bond motifs is 3. The van der Waals surface area contributed by atoms with Crippen LogP contribution in [0.15, 0.2) is 110 Å². The third-order valence-corrected chi connectivity index (χ3v) is 8.56. The van der Waals surface area contributed by atoms with Gasteiger partial charge in [-0.15, -0.1) is 30.2 Å². The van der Waals surface area contributed by atoms with Crippen molar-refractivity contribution < 1.29 is 57.8 Å². The Morgan fingerprint density at radius 3 is 1.80 bits per heavy atom. The molecule has 5 heteroatoms. The zero-order valence-electron chi connectivity index (χ0n) is 25.2. The van der Waals surface area contributed by atoms with Gasteiger partial charge in [0.25, 0.3) is 0 Å². The Kier molecular flexibility index (Phi) is 14.3. The fourth-order valence-electron chi connectivity index (χ4n) is 4.68. The van der Waals surface area contributed by atoms with Gasteiger partial charge in [-0.05, 0) is 12.0 Å². The molecule has 0 saturated carbocycles. The molecule has 0 atom stereocenters. The molecule has 0 aliphatic heterocycles. The first kappa shape index (κ1) is 37.2. The maximum absolute atomic E-state index is 12.8. The average Bonchev–Trinajstić information content (AvgIpc) is 3.67. The standard InChI is InChI=1S/C17H13.C13H8F2.C9H13.2ClH.Zr/c1-3-12-5-7-14-11-15-8-6-13(4-2)10-17(15)16(14)9-12;14-12-5-1-10(2-6-12)9-11-3-7-13(15)8-4-11;1-9(2,3)8-6-4-5-7-8;;;/h3-7,9-10H,1-2,11H2;1-8H;6-7H,4H2,1-3H3;2*1H;/q-1;;-1;;;+2/p-2. The van der Waals surface area contributed by atoms with Gasteiger partial charge >= 0.3 is 108 Å². The van der Waals surface area contributed by atoms with E-state index in [1.54, 1.807) is 24.3 Å². The van der Waals surface area contributed by atoms with Crippen molar-refractivity contribution in [3.05, 3.63) is 167 Å². The average molecular weight is 703 g/mol. The van der Waals surface area contributed by atoms with Gasteiger partial charge in [-0.1, -0.05) is 68.2 Å². The summed E-state index contributed by atoms with van der Waals surface area (Å²) in [6, 6.07) is 26.8. The fraction of sp³-hybridized carbons (Fsp3) is 0.154. The Morgan fingerprint density at radius 2 is 1.34 bits per heavy atom. The molecule has 2 aliphatic rings. The van der Waals surface area contributed by atoms with Crippen molar-refractivity contribution in [3.63, 3.8) is 0 Å². The molecule has 6 rings (SSSR count). The number of hydrogen-bond donors (Lipinski definition) is 0. The zero-order chi connectivity index (χ0) is 30.3. The van der Waals surface area contributed by atoms with E-state index in [9.17, 15) is 8.78 Å². The Bertz CT molecular complexity index is 1560. The van der Waals surface area contributed by atoms with E-state index in [1.807, 2.05) is 18.2 Å². The second kappa shape index (κ2) is 16.9. The first-order valence-electron chi connectivity index (χ1n) is 13.9. The topological polar surface area (TPSA) is 0 Å². The summed E-state index contributed by atoms with van der Waals surface area (Å²) in [7, 11) is 0. The van der Waals surface area contributed by atoms with E-state index in [2.05, 4.69) is 82.5 Å². The van der Waals surface area contributed by atoms with Gasteiger partial charge in [-0.25, -0.2) is 6.08 Å². The number of rotatable bonds is 4. The van der Waals surface area contributed by atoms with Crippen molar-refractivity contribution in [1.82, 2.24) is 0 Å². The first-order valence-corrected chi connectivity index (χ1v) is 15.1. The third-order valence-electron chi connectivity index (χ3n) is 7.14. The summed E-state index contributed by atoms with van der Waals surface area (Å²) in [5.41, 5.74) is 11.3. The van der Waals surface area contributed by atoms with Gasteiger partial charge in [0.05, 0.1) is 0 Å². The molecule has 0 spiro atoms. The van der Waals surface area contributed by atoms with Crippen LogP contribution in [0.25, 0.3) is 23.3 Å². The largest absolute Gasteiger partial charge is 1.00 e. The Labute approximate surface area is 288 Å². The van der Waals surface area contributed by atoms with Crippen LogP contribution < -0.4 is 24.8 Å². The van der Waals surface area contributed by atoms with E-state index >= 15 is 0 Å². The Balaban J connectivity index is 0.000000235. The van der Waals surface area contributed by atoms with Gasteiger partial charge < -0.3 is 24.8 Å². The van der Waals surface area contributed by atoms with E-state index in [4.69, 9.17) is 0 Å². The summed E-state index contributed by atoms with van der Waals surface area (Å²) < 4.78 is 26.6. The minimum Gasteiger partial charge on any atom is -1.00 e. The molecular weight excluding hydrogens is 669 g/mol. The van der Waals surface area contributed by atoms with Crippen molar-refractivity contribution in [2.24, 2.45) is 5.41 Å². The summed E-state index contributed by atoms with van der Waals surface area (Å²) in [5, 5.41) is 0. The van der Waals surface area contributed by atoms with Gasteiger partial charge in [0, 0.05) is 0 Å². The van der Waals surface area contributed by atoms with Crippen LogP contribution in [-0.4, -0.2) is 3.21 Å². The van der Waals surface area contributed by atoms with Crippen molar-refractivity contribution in [1.29, 1.82) is 0 Å². The number of allylic oxidation sites excluding steroid dienone is 4. The monoisotopic (exact) mass is 700 g/mol. The van der Waals surface area contributed by atoms with Gasteiger partial charge in [-0.3, -0.25) is 6.08 Å². The van der Waals surface area contributed by atoms with Gasteiger partial charge in [-0.2, -0.15) is 35.4 Å². The second-order valence-corrected chi connectivity index (χ2v) is 12.4.